The van der Waals surface area contributed by atoms with Gasteiger partial charge in [-0.05, 0) is 44.9 Å². The van der Waals surface area contributed by atoms with Crippen LogP contribution in [-0.4, -0.2) is 29.7 Å². The number of nitrogens with zero attached hydrogens (tertiary/aromatic N) is 1. The molecule has 0 aromatic rings. The lowest BCUT2D eigenvalue weighted by Gasteiger charge is -2.28. The van der Waals surface area contributed by atoms with Crippen LogP contribution in [0, 0.1) is 17.8 Å². The summed E-state index contributed by atoms with van der Waals surface area (Å²) < 4.78 is 0. The van der Waals surface area contributed by atoms with Gasteiger partial charge >= 0.3 is 0 Å². The molecule has 1 atom stereocenters. The van der Waals surface area contributed by atoms with Crippen molar-refractivity contribution in [2.45, 2.75) is 46.0 Å². The Morgan fingerprint density at radius 3 is 2.18 bits per heavy atom. The Balaban J connectivity index is 1.86. The molecular weight excluding hydrogens is 214 g/mol. The molecule has 17 heavy (non-hydrogen) atoms. The number of hydrogen-bond donors (Lipinski definition) is 0. The summed E-state index contributed by atoms with van der Waals surface area (Å²) in [6.07, 6.45) is 5.31. The van der Waals surface area contributed by atoms with E-state index in [2.05, 4.69) is 6.92 Å². The first-order chi connectivity index (χ1) is 8.08. The monoisotopic (exact) mass is 237 g/mol. The van der Waals surface area contributed by atoms with Gasteiger partial charge in [0.05, 0.1) is 0 Å². The second-order valence-electron chi connectivity index (χ2n) is 5.84. The van der Waals surface area contributed by atoms with E-state index in [1.54, 1.807) is 6.92 Å². The molecule has 0 spiro atoms. The molecule has 0 unspecified atom stereocenters. The van der Waals surface area contributed by atoms with E-state index in [0.29, 0.717) is 12.5 Å². The number of carbonyl (C=O) groups is 2. The van der Waals surface area contributed by atoms with E-state index < -0.39 is 0 Å². The summed E-state index contributed by atoms with van der Waals surface area (Å²) in [7, 11) is 0. The first-order valence-electron chi connectivity index (χ1n) is 6.87. The maximum absolute atomic E-state index is 12.3. The van der Waals surface area contributed by atoms with Crippen LogP contribution in [0.15, 0.2) is 0 Å². The van der Waals surface area contributed by atoms with Crippen molar-refractivity contribution in [3.63, 3.8) is 0 Å². The predicted octanol–water partition coefficient (Wildman–Crippen LogP) is 2.25. The molecular formula is C14H23NO2. The minimum atomic E-state index is 0.0986. The van der Waals surface area contributed by atoms with Crippen LogP contribution < -0.4 is 0 Å². The molecule has 2 fully saturated rings. The van der Waals surface area contributed by atoms with Gasteiger partial charge < -0.3 is 4.90 Å². The van der Waals surface area contributed by atoms with Gasteiger partial charge in [-0.1, -0.05) is 6.92 Å². The summed E-state index contributed by atoms with van der Waals surface area (Å²) in [6, 6.07) is 0. The number of rotatable bonds is 2. The molecule has 0 radical (unpaired) electrons. The summed E-state index contributed by atoms with van der Waals surface area (Å²) in [5, 5.41) is 0. The van der Waals surface area contributed by atoms with Gasteiger partial charge in [-0.2, -0.15) is 0 Å². The zero-order valence-corrected chi connectivity index (χ0v) is 10.9. The van der Waals surface area contributed by atoms with Crippen molar-refractivity contribution in [2.75, 3.05) is 13.1 Å². The average molecular weight is 237 g/mol. The first kappa shape index (κ1) is 12.6. The van der Waals surface area contributed by atoms with Crippen molar-refractivity contribution >= 4 is 11.7 Å². The van der Waals surface area contributed by atoms with Gasteiger partial charge in [-0.25, -0.2) is 0 Å². The first-order valence-corrected chi connectivity index (χ1v) is 6.87. The lowest BCUT2D eigenvalue weighted by atomic mass is 9.82. The number of ketones is 1. The number of carbonyl (C=O) groups excluding carboxylic acids is 2. The van der Waals surface area contributed by atoms with Crippen LogP contribution in [0.5, 0.6) is 0 Å². The van der Waals surface area contributed by atoms with E-state index in [4.69, 9.17) is 0 Å². The highest BCUT2D eigenvalue weighted by Gasteiger charge is 2.33. The Bertz CT molecular complexity index is 305. The maximum atomic E-state index is 12.3. The van der Waals surface area contributed by atoms with Crippen molar-refractivity contribution in [1.29, 1.82) is 0 Å². The smallest absolute Gasteiger partial charge is 0.225 e. The molecule has 96 valence electrons. The Morgan fingerprint density at radius 1 is 1.00 bits per heavy atom. The average Bonchev–Trinajstić information content (AvgIpc) is 2.78. The molecule has 2 rings (SSSR count). The van der Waals surface area contributed by atoms with E-state index in [9.17, 15) is 9.59 Å². The highest BCUT2D eigenvalue weighted by Crippen LogP contribution is 2.31. The highest BCUT2D eigenvalue weighted by atomic mass is 16.2. The van der Waals surface area contributed by atoms with Crippen molar-refractivity contribution < 1.29 is 9.59 Å². The van der Waals surface area contributed by atoms with Crippen molar-refractivity contribution in [1.82, 2.24) is 4.90 Å². The maximum Gasteiger partial charge on any atom is 0.225 e. The third kappa shape index (κ3) is 2.88. The molecule has 2 aliphatic rings. The Morgan fingerprint density at radius 2 is 1.65 bits per heavy atom. The zero-order chi connectivity index (χ0) is 12.4. The molecule has 1 heterocycles. The Hall–Kier alpha value is -0.860. The molecule has 0 N–H and O–H groups in total. The number of hydrogen-bond acceptors (Lipinski definition) is 2. The van der Waals surface area contributed by atoms with E-state index >= 15 is 0 Å². The fraction of sp³-hybridized carbons (Fsp3) is 0.857. The lowest BCUT2D eigenvalue weighted by Crippen LogP contribution is -2.36. The van der Waals surface area contributed by atoms with Gasteiger partial charge in [-0.15, -0.1) is 0 Å². The lowest BCUT2D eigenvalue weighted by molar-refractivity contribution is -0.136. The standard InChI is InChI=1S/C14H23NO2/c1-10-3-5-12(6-4-10)14(17)15-8-7-13(9-15)11(2)16/h10,12-13H,3-9H2,1-2H3/t10?,12?,13-/m0/s1. The van der Waals surface area contributed by atoms with Crippen LogP contribution in [0.2, 0.25) is 0 Å². The summed E-state index contributed by atoms with van der Waals surface area (Å²) >= 11 is 0. The van der Waals surface area contributed by atoms with Crippen LogP contribution in [-0.2, 0) is 9.59 Å². The van der Waals surface area contributed by atoms with Gasteiger partial charge in [0, 0.05) is 24.9 Å². The SMILES string of the molecule is CC(=O)[C@H]1CCN(C(=O)C2CCC(C)CC2)C1. The van der Waals surface area contributed by atoms with Crippen LogP contribution in [0.3, 0.4) is 0 Å². The van der Waals surface area contributed by atoms with Gasteiger partial charge in [0.25, 0.3) is 0 Å². The van der Waals surface area contributed by atoms with Crippen molar-refractivity contribution in [3.8, 4) is 0 Å². The van der Waals surface area contributed by atoms with E-state index in [0.717, 1.165) is 31.7 Å². The largest absolute Gasteiger partial charge is 0.342 e. The van der Waals surface area contributed by atoms with Crippen molar-refractivity contribution in [3.05, 3.63) is 0 Å². The summed E-state index contributed by atoms with van der Waals surface area (Å²) in [6.45, 7) is 5.36. The van der Waals surface area contributed by atoms with E-state index in [1.165, 1.54) is 12.8 Å². The van der Waals surface area contributed by atoms with Gasteiger partial charge in [-0.3, -0.25) is 9.59 Å². The number of amides is 1. The molecule has 3 nitrogen and oxygen atoms in total. The summed E-state index contributed by atoms with van der Waals surface area (Å²) in [5.74, 6) is 1.65. The molecule has 1 amide bonds. The zero-order valence-electron chi connectivity index (χ0n) is 10.9. The van der Waals surface area contributed by atoms with Crippen LogP contribution in [0.1, 0.15) is 46.0 Å². The molecule has 1 aliphatic heterocycles. The highest BCUT2D eigenvalue weighted by molar-refractivity contribution is 5.83. The van der Waals surface area contributed by atoms with Crippen LogP contribution in [0.4, 0.5) is 0 Å². The van der Waals surface area contributed by atoms with Crippen molar-refractivity contribution in [2.24, 2.45) is 17.8 Å². The fourth-order valence-corrected chi connectivity index (χ4v) is 3.06. The third-order valence-electron chi connectivity index (χ3n) is 4.44. The number of likely N-dealkylation sites (tertiary alicyclic amines) is 1. The van der Waals surface area contributed by atoms with E-state index in [1.807, 2.05) is 4.90 Å². The Kier molecular flexibility index (Phi) is 3.85. The molecule has 0 aromatic carbocycles. The molecule has 3 heteroatoms. The summed E-state index contributed by atoms with van der Waals surface area (Å²) in [4.78, 5) is 25.5. The molecule has 0 aromatic heterocycles. The quantitative estimate of drug-likeness (QED) is 0.738. The fourth-order valence-electron chi connectivity index (χ4n) is 3.06. The second-order valence-corrected chi connectivity index (χ2v) is 5.84. The third-order valence-corrected chi connectivity index (χ3v) is 4.44. The minimum Gasteiger partial charge on any atom is -0.342 e. The predicted molar refractivity (Wildman–Crippen MR) is 66.5 cm³/mol. The number of Topliss-reactive ketones (excluding diaryl/α,β-unsaturated/α-hetero) is 1. The molecule has 0 bridgehead atoms. The molecule has 1 aliphatic carbocycles. The van der Waals surface area contributed by atoms with E-state index in [-0.39, 0.29) is 17.6 Å². The molecule has 1 saturated heterocycles. The van der Waals surface area contributed by atoms with Gasteiger partial charge in [0.2, 0.25) is 5.91 Å². The van der Waals surface area contributed by atoms with Gasteiger partial charge in [0.15, 0.2) is 0 Å². The minimum absolute atomic E-state index is 0.0986. The molecule has 1 saturated carbocycles. The second kappa shape index (κ2) is 5.19. The van der Waals surface area contributed by atoms with Gasteiger partial charge in [0.1, 0.15) is 5.78 Å². The topological polar surface area (TPSA) is 37.4 Å². The van der Waals surface area contributed by atoms with Crippen LogP contribution >= 0.6 is 0 Å². The normalized spacial score (nSPS) is 33.8. The summed E-state index contributed by atoms with van der Waals surface area (Å²) in [5.41, 5.74) is 0. The Labute approximate surface area is 104 Å². The van der Waals surface area contributed by atoms with Crippen LogP contribution in [0.25, 0.3) is 0 Å².